The SMILES string of the molecule is O=C(O)CCC/C=C\C[C@@H]1[C@@H](NS(=O)(=O)c2ccc(Br)cc2)[C@H](O)C[C@H]1OCc1ccc(-c2ccccc2)cc1. The number of benzene rings is 3. The maximum Gasteiger partial charge on any atom is 0.303 e. The van der Waals surface area contributed by atoms with Crippen LogP contribution in [0.1, 0.15) is 37.7 Å². The van der Waals surface area contributed by atoms with Gasteiger partial charge in [0.2, 0.25) is 10.0 Å². The van der Waals surface area contributed by atoms with Crippen LogP contribution >= 0.6 is 15.9 Å². The number of carbonyl (C=O) groups is 1. The summed E-state index contributed by atoms with van der Waals surface area (Å²) in [6.07, 6.45) is 4.56. The highest BCUT2D eigenvalue weighted by Gasteiger charge is 2.44. The summed E-state index contributed by atoms with van der Waals surface area (Å²) in [7, 11) is -3.87. The number of hydrogen-bond acceptors (Lipinski definition) is 5. The van der Waals surface area contributed by atoms with Crippen molar-refractivity contribution in [2.24, 2.45) is 5.92 Å². The number of aliphatic hydroxyl groups is 1. The predicted molar refractivity (Wildman–Crippen MR) is 158 cm³/mol. The van der Waals surface area contributed by atoms with E-state index in [1.807, 2.05) is 54.6 Å². The Balaban J connectivity index is 1.45. The molecule has 0 spiro atoms. The van der Waals surface area contributed by atoms with E-state index < -0.39 is 28.1 Å². The van der Waals surface area contributed by atoms with E-state index in [-0.39, 0.29) is 23.3 Å². The maximum atomic E-state index is 13.2. The Morgan fingerprint density at radius 3 is 2.33 bits per heavy atom. The second kappa shape index (κ2) is 14.2. The molecule has 0 aliphatic heterocycles. The van der Waals surface area contributed by atoms with Gasteiger partial charge in [0, 0.05) is 23.2 Å². The molecule has 1 aliphatic rings. The Morgan fingerprint density at radius 1 is 0.975 bits per heavy atom. The van der Waals surface area contributed by atoms with Crippen LogP contribution in [0.15, 0.2) is 100 Å². The minimum absolute atomic E-state index is 0.0941. The Morgan fingerprint density at radius 2 is 1.65 bits per heavy atom. The van der Waals surface area contributed by atoms with E-state index in [9.17, 15) is 18.3 Å². The number of hydrogen-bond donors (Lipinski definition) is 3. The van der Waals surface area contributed by atoms with Crippen molar-refractivity contribution >= 4 is 31.9 Å². The van der Waals surface area contributed by atoms with E-state index in [1.54, 1.807) is 12.1 Å². The van der Waals surface area contributed by atoms with Gasteiger partial charge in [0.05, 0.1) is 29.8 Å². The average molecular weight is 629 g/mol. The minimum atomic E-state index is -3.87. The van der Waals surface area contributed by atoms with Crippen LogP contribution in [0.4, 0.5) is 0 Å². The summed E-state index contributed by atoms with van der Waals surface area (Å²) >= 11 is 3.32. The van der Waals surface area contributed by atoms with Crippen LogP contribution in [0.5, 0.6) is 0 Å². The number of sulfonamides is 1. The molecular weight excluding hydrogens is 594 g/mol. The molecule has 1 fully saturated rings. The molecule has 3 aromatic carbocycles. The summed E-state index contributed by atoms with van der Waals surface area (Å²) in [5.74, 6) is -1.14. The number of carboxylic acid groups (broad SMARTS) is 1. The van der Waals surface area contributed by atoms with Crippen LogP contribution in [0.25, 0.3) is 11.1 Å². The van der Waals surface area contributed by atoms with Gasteiger partial charge >= 0.3 is 5.97 Å². The van der Waals surface area contributed by atoms with E-state index in [2.05, 4.69) is 32.8 Å². The molecule has 40 heavy (non-hydrogen) atoms. The Bertz CT molecular complexity index is 1380. The zero-order valence-electron chi connectivity index (χ0n) is 22.0. The summed E-state index contributed by atoms with van der Waals surface area (Å²) < 4.78 is 36.1. The molecule has 0 saturated heterocycles. The smallest absolute Gasteiger partial charge is 0.303 e. The van der Waals surface area contributed by atoms with Crippen LogP contribution in [-0.4, -0.2) is 42.8 Å². The fourth-order valence-corrected chi connectivity index (χ4v) is 6.55. The first-order valence-electron chi connectivity index (χ1n) is 13.3. The number of ether oxygens (including phenoxy) is 1. The Hall–Kier alpha value is -2.82. The van der Waals surface area contributed by atoms with Crippen molar-refractivity contribution in [3.05, 3.63) is 101 Å². The zero-order valence-corrected chi connectivity index (χ0v) is 24.4. The van der Waals surface area contributed by atoms with E-state index in [4.69, 9.17) is 9.84 Å². The summed E-state index contributed by atoms with van der Waals surface area (Å²) in [5, 5.41) is 19.8. The summed E-state index contributed by atoms with van der Waals surface area (Å²) in [5.41, 5.74) is 3.22. The molecule has 4 rings (SSSR count). The van der Waals surface area contributed by atoms with E-state index >= 15 is 0 Å². The molecule has 0 radical (unpaired) electrons. The predicted octanol–water partition coefficient (Wildman–Crippen LogP) is 5.93. The lowest BCUT2D eigenvalue weighted by molar-refractivity contribution is -0.137. The number of nitrogens with one attached hydrogen (secondary N) is 1. The van der Waals surface area contributed by atoms with Gasteiger partial charge in [-0.05, 0) is 60.2 Å². The second-order valence-corrected chi connectivity index (χ2v) is 12.6. The molecule has 0 unspecified atom stereocenters. The highest BCUT2D eigenvalue weighted by atomic mass is 79.9. The summed E-state index contributed by atoms with van der Waals surface area (Å²) in [4.78, 5) is 10.9. The topological polar surface area (TPSA) is 113 Å². The number of allylic oxidation sites excluding steroid dienone is 2. The van der Waals surface area contributed by atoms with Gasteiger partial charge in [-0.3, -0.25) is 4.79 Å². The second-order valence-electron chi connectivity index (χ2n) is 9.97. The van der Waals surface area contributed by atoms with Crippen molar-refractivity contribution < 1.29 is 28.2 Å². The fourth-order valence-electron chi connectivity index (χ4n) is 4.96. The van der Waals surface area contributed by atoms with E-state index in [0.717, 1.165) is 21.2 Å². The highest BCUT2D eigenvalue weighted by Crippen LogP contribution is 2.34. The van der Waals surface area contributed by atoms with Crippen molar-refractivity contribution in [3.63, 3.8) is 0 Å². The molecule has 4 atom stereocenters. The number of aliphatic hydroxyl groups excluding tert-OH is 1. The van der Waals surface area contributed by atoms with Gasteiger partial charge in [0.15, 0.2) is 0 Å². The molecule has 0 amide bonds. The van der Waals surface area contributed by atoms with Crippen molar-refractivity contribution in [2.75, 3.05) is 0 Å². The molecule has 1 saturated carbocycles. The van der Waals surface area contributed by atoms with E-state index in [0.29, 0.717) is 32.3 Å². The van der Waals surface area contributed by atoms with Gasteiger partial charge in [-0.2, -0.15) is 0 Å². The van der Waals surface area contributed by atoms with Crippen molar-refractivity contribution in [3.8, 4) is 11.1 Å². The third kappa shape index (κ3) is 8.34. The highest BCUT2D eigenvalue weighted by molar-refractivity contribution is 9.10. The summed E-state index contributed by atoms with van der Waals surface area (Å²) in [6, 6.07) is 23.8. The molecule has 3 aromatic rings. The summed E-state index contributed by atoms with van der Waals surface area (Å²) in [6.45, 7) is 0.331. The quantitative estimate of drug-likeness (QED) is 0.160. The standard InChI is InChI=1S/C31H34BrNO6S/c32-25-16-18-26(19-17-25)40(37,38)33-31-27(10-6-1-2-7-11-30(35)36)29(20-28(31)34)39-21-22-12-14-24(15-13-22)23-8-4-3-5-9-23/h1,3-6,8-9,12-19,27-29,31,33-34H,2,7,10-11,20-21H2,(H,35,36)/b6-1-/t27-,28+,29+,31+/m0/s1. The van der Waals surface area contributed by atoms with Gasteiger partial charge in [0.25, 0.3) is 0 Å². The average Bonchev–Trinajstić information content (AvgIpc) is 3.23. The first-order valence-corrected chi connectivity index (χ1v) is 15.6. The van der Waals surface area contributed by atoms with Gasteiger partial charge in [-0.15, -0.1) is 0 Å². The molecule has 212 valence electrons. The molecule has 0 bridgehead atoms. The lowest BCUT2D eigenvalue weighted by Gasteiger charge is -2.25. The van der Waals surface area contributed by atoms with Gasteiger partial charge in [0.1, 0.15) is 0 Å². The number of rotatable bonds is 13. The number of unbranched alkanes of at least 4 members (excludes halogenated alkanes) is 1. The van der Waals surface area contributed by atoms with Gasteiger partial charge in [-0.25, -0.2) is 13.1 Å². The van der Waals surface area contributed by atoms with E-state index in [1.165, 1.54) is 12.1 Å². The molecule has 3 N–H and O–H groups in total. The van der Waals surface area contributed by atoms with Crippen LogP contribution in [0.3, 0.4) is 0 Å². The first kappa shape index (κ1) is 30.1. The maximum absolute atomic E-state index is 13.2. The Kier molecular flexibility index (Phi) is 10.7. The molecule has 0 heterocycles. The molecule has 9 heteroatoms. The van der Waals surface area contributed by atoms with Gasteiger partial charge < -0.3 is 14.9 Å². The molecule has 7 nitrogen and oxygen atoms in total. The van der Waals surface area contributed by atoms with Crippen LogP contribution in [-0.2, 0) is 26.2 Å². The largest absolute Gasteiger partial charge is 0.481 e. The fraction of sp³-hybridized carbons (Fsp3) is 0.323. The van der Waals surface area contributed by atoms with Gasteiger partial charge in [-0.1, -0.05) is 82.7 Å². The third-order valence-electron chi connectivity index (χ3n) is 7.10. The monoisotopic (exact) mass is 627 g/mol. The van der Waals surface area contributed by atoms with Crippen molar-refractivity contribution in [1.29, 1.82) is 0 Å². The van der Waals surface area contributed by atoms with Crippen LogP contribution < -0.4 is 4.72 Å². The number of halogens is 1. The molecule has 0 aromatic heterocycles. The van der Waals surface area contributed by atoms with Crippen molar-refractivity contribution in [1.82, 2.24) is 4.72 Å². The third-order valence-corrected chi connectivity index (χ3v) is 9.11. The number of aliphatic carboxylic acids is 1. The number of carboxylic acids is 1. The molecular formula is C31H34BrNO6S. The minimum Gasteiger partial charge on any atom is -0.481 e. The first-order chi connectivity index (χ1) is 19.2. The zero-order chi connectivity index (χ0) is 28.5. The Labute approximate surface area is 244 Å². The lowest BCUT2D eigenvalue weighted by atomic mass is 9.97. The van der Waals surface area contributed by atoms with Crippen LogP contribution in [0, 0.1) is 5.92 Å². The van der Waals surface area contributed by atoms with Crippen molar-refractivity contribution in [2.45, 2.75) is 61.9 Å². The van der Waals surface area contributed by atoms with Crippen LogP contribution in [0.2, 0.25) is 0 Å². The molecule has 1 aliphatic carbocycles. The lowest BCUT2D eigenvalue weighted by Crippen LogP contribution is -2.44. The normalized spacial score (nSPS) is 21.1.